The van der Waals surface area contributed by atoms with Crippen molar-refractivity contribution in [2.75, 3.05) is 26.0 Å². The maximum absolute atomic E-state index is 12.8. The molecule has 0 aliphatic carbocycles. The Morgan fingerprint density at radius 3 is 2.55 bits per heavy atom. The molecule has 0 saturated carbocycles. The topological polar surface area (TPSA) is 109 Å². The van der Waals surface area contributed by atoms with E-state index in [1.54, 1.807) is 48.5 Å². The number of para-hydroxylation sites is 1. The number of benzene rings is 2. The quantitative estimate of drug-likeness (QED) is 0.542. The monoisotopic (exact) mass is 443 g/mol. The van der Waals surface area contributed by atoms with Crippen molar-refractivity contribution in [3.05, 3.63) is 70.3 Å². The zero-order chi connectivity index (χ0) is 22.4. The van der Waals surface area contributed by atoms with E-state index in [9.17, 15) is 18.0 Å². The van der Waals surface area contributed by atoms with Gasteiger partial charge in [-0.1, -0.05) is 29.8 Å². The first kappa shape index (κ1) is 22.6. The van der Waals surface area contributed by atoms with E-state index in [0.29, 0.717) is 16.7 Å². The van der Waals surface area contributed by atoms with E-state index in [0.717, 1.165) is 5.56 Å². The minimum atomic E-state index is -3.59. The Kier molecular flexibility index (Phi) is 7.19. The fourth-order valence-corrected chi connectivity index (χ4v) is 4.36. The molecular weight excluding hydrogens is 418 g/mol. The maximum Gasteiger partial charge on any atom is 0.258 e. The van der Waals surface area contributed by atoms with Gasteiger partial charge in [0.15, 0.2) is 9.84 Å². The summed E-state index contributed by atoms with van der Waals surface area (Å²) in [6.07, 6.45) is -0.183. The molecule has 1 aromatic heterocycles. The lowest BCUT2D eigenvalue weighted by molar-refractivity contribution is -0.132. The van der Waals surface area contributed by atoms with Crippen LogP contribution in [0.15, 0.2) is 58.2 Å². The van der Waals surface area contributed by atoms with Gasteiger partial charge in [0.25, 0.3) is 5.56 Å². The number of rotatable bonds is 9. The minimum absolute atomic E-state index is 0.0485. The molecule has 2 aromatic carbocycles. The van der Waals surface area contributed by atoms with E-state index < -0.39 is 9.84 Å². The van der Waals surface area contributed by atoms with Crippen molar-refractivity contribution >= 4 is 26.6 Å². The van der Waals surface area contributed by atoms with Crippen LogP contribution >= 0.6 is 0 Å². The Balaban J connectivity index is 1.75. The summed E-state index contributed by atoms with van der Waals surface area (Å²) in [5, 5.41) is 0.463. The number of aromatic nitrogens is 2. The zero-order valence-electron chi connectivity index (χ0n) is 17.5. The molecule has 1 heterocycles. The highest BCUT2D eigenvalue weighted by molar-refractivity contribution is 7.91. The fourth-order valence-electron chi connectivity index (χ4n) is 3.13. The molecule has 8 nitrogen and oxygen atoms in total. The standard InChI is InChI=1S/C22H25N3O5S/c1-16-7-9-17(10-8-16)31(28,29)14-11-21(26)25(12-13-30-2)15-20-23-19-6-4-3-5-18(19)22(27)24-20/h3-10H,11-15H2,1-2H3,(H,23,24,27). The third kappa shape index (κ3) is 5.77. The van der Waals surface area contributed by atoms with Crippen LogP contribution in [0.4, 0.5) is 0 Å². The molecule has 0 bridgehead atoms. The molecule has 3 aromatic rings. The lowest BCUT2D eigenvalue weighted by Crippen LogP contribution is -2.35. The normalized spacial score (nSPS) is 11.5. The molecule has 0 unspecified atom stereocenters. The van der Waals surface area contributed by atoms with E-state index in [-0.39, 0.29) is 48.2 Å². The number of amides is 1. The number of ether oxygens (including phenoxy) is 1. The number of carbonyl (C=O) groups is 1. The summed E-state index contributed by atoms with van der Waals surface area (Å²) in [7, 11) is -2.07. The Morgan fingerprint density at radius 1 is 1.13 bits per heavy atom. The minimum Gasteiger partial charge on any atom is -0.383 e. The number of hydrogen-bond donors (Lipinski definition) is 1. The highest BCUT2D eigenvalue weighted by Crippen LogP contribution is 2.14. The van der Waals surface area contributed by atoms with E-state index >= 15 is 0 Å². The maximum atomic E-state index is 12.8. The molecule has 1 N–H and O–H groups in total. The summed E-state index contributed by atoms with van der Waals surface area (Å²) in [5.41, 5.74) is 1.20. The first-order chi connectivity index (χ1) is 14.8. The van der Waals surface area contributed by atoms with Crippen molar-refractivity contribution < 1.29 is 17.9 Å². The summed E-state index contributed by atoms with van der Waals surface area (Å²) in [4.78, 5) is 33.9. The molecule has 3 rings (SSSR count). The van der Waals surface area contributed by atoms with Gasteiger partial charge >= 0.3 is 0 Å². The Bertz CT molecular complexity index is 1220. The zero-order valence-corrected chi connectivity index (χ0v) is 18.3. The number of methoxy groups -OCH3 is 1. The van der Waals surface area contributed by atoms with Crippen molar-refractivity contribution in [2.45, 2.75) is 24.8 Å². The number of H-pyrrole nitrogens is 1. The van der Waals surface area contributed by atoms with Gasteiger partial charge in [0.1, 0.15) is 5.82 Å². The van der Waals surface area contributed by atoms with Gasteiger partial charge in [0, 0.05) is 20.1 Å². The average molecular weight is 444 g/mol. The van der Waals surface area contributed by atoms with Crippen molar-refractivity contribution in [3.63, 3.8) is 0 Å². The first-order valence-electron chi connectivity index (χ1n) is 9.84. The summed E-state index contributed by atoms with van der Waals surface area (Å²) in [5.74, 6) is -0.335. The number of hydrogen-bond acceptors (Lipinski definition) is 6. The number of nitrogens with one attached hydrogen (secondary N) is 1. The lowest BCUT2D eigenvalue weighted by Gasteiger charge is -2.22. The SMILES string of the molecule is COCCN(Cc1nc2ccccc2c(=O)[nH]1)C(=O)CCS(=O)(=O)c1ccc(C)cc1. The van der Waals surface area contributed by atoms with Crippen LogP contribution in [0.25, 0.3) is 10.9 Å². The highest BCUT2D eigenvalue weighted by atomic mass is 32.2. The Hall–Kier alpha value is -3.04. The molecular formula is C22H25N3O5S. The number of aryl methyl sites for hydroxylation is 1. The van der Waals surface area contributed by atoms with Gasteiger partial charge in [0.05, 0.1) is 34.7 Å². The Labute approximate surface area is 180 Å². The molecule has 31 heavy (non-hydrogen) atoms. The molecule has 9 heteroatoms. The van der Waals surface area contributed by atoms with Gasteiger partial charge in [-0.2, -0.15) is 0 Å². The summed E-state index contributed by atoms with van der Waals surface area (Å²) < 4.78 is 30.2. The fraction of sp³-hybridized carbons (Fsp3) is 0.318. The van der Waals surface area contributed by atoms with E-state index in [1.807, 2.05) is 6.92 Å². The predicted molar refractivity (Wildman–Crippen MR) is 118 cm³/mol. The van der Waals surface area contributed by atoms with Crippen molar-refractivity contribution in [2.24, 2.45) is 0 Å². The first-order valence-corrected chi connectivity index (χ1v) is 11.5. The van der Waals surface area contributed by atoms with Gasteiger partial charge in [-0.3, -0.25) is 9.59 Å². The van der Waals surface area contributed by atoms with E-state index in [4.69, 9.17) is 4.74 Å². The molecule has 0 spiro atoms. The molecule has 0 fully saturated rings. The van der Waals surface area contributed by atoms with Crippen LogP contribution in [0, 0.1) is 6.92 Å². The van der Waals surface area contributed by atoms with Gasteiger partial charge in [-0.15, -0.1) is 0 Å². The van der Waals surface area contributed by atoms with Gasteiger partial charge in [-0.05, 0) is 31.2 Å². The summed E-state index contributed by atoms with van der Waals surface area (Å²) >= 11 is 0. The number of fused-ring (bicyclic) bond motifs is 1. The largest absolute Gasteiger partial charge is 0.383 e. The lowest BCUT2D eigenvalue weighted by atomic mass is 10.2. The van der Waals surface area contributed by atoms with Gasteiger partial charge in [0.2, 0.25) is 5.91 Å². The van der Waals surface area contributed by atoms with Crippen LogP contribution < -0.4 is 5.56 Å². The second kappa shape index (κ2) is 9.84. The highest BCUT2D eigenvalue weighted by Gasteiger charge is 2.21. The van der Waals surface area contributed by atoms with E-state index in [2.05, 4.69) is 9.97 Å². The molecule has 0 atom stereocenters. The van der Waals surface area contributed by atoms with Crippen molar-refractivity contribution in [1.82, 2.24) is 14.9 Å². The number of carbonyl (C=O) groups excluding carboxylic acids is 1. The molecule has 1 amide bonds. The number of sulfone groups is 1. The van der Waals surface area contributed by atoms with Crippen LogP contribution in [0.2, 0.25) is 0 Å². The predicted octanol–water partition coefficient (Wildman–Crippen LogP) is 2.07. The number of aromatic amines is 1. The molecule has 0 saturated heterocycles. The smallest absolute Gasteiger partial charge is 0.258 e. The second-order valence-corrected chi connectivity index (χ2v) is 9.33. The molecule has 164 valence electrons. The van der Waals surface area contributed by atoms with Gasteiger partial charge in [-0.25, -0.2) is 13.4 Å². The molecule has 0 aliphatic rings. The summed E-state index contributed by atoms with van der Waals surface area (Å²) in [6.45, 7) is 2.44. The van der Waals surface area contributed by atoms with Crippen LogP contribution in [0.1, 0.15) is 17.8 Å². The van der Waals surface area contributed by atoms with Crippen molar-refractivity contribution in [3.8, 4) is 0 Å². The molecule has 0 aliphatic heterocycles. The van der Waals surface area contributed by atoms with Crippen molar-refractivity contribution in [1.29, 1.82) is 0 Å². The molecule has 0 radical (unpaired) electrons. The third-order valence-corrected chi connectivity index (χ3v) is 6.62. The van der Waals surface area contributed by atoms with Crippen LogP contribution in [0.5, 0.6) is 0 Å². The summed E-state index contributed by atoms with van der Waals surface area (Å²) in [6, 6.07) is 13.5. The van der Waals surface area contributed by atoms with Gasteiger partial charge < -0.3 is 14.6 Å². The number of nitrogens with zero attached hydrogens (tertiary/aromatic N) is 2. The second-order valence-electron chi connectivity index (χ2n) is 7.22. The van der Waals surface area contributed by atoms with Crippen LogP contribution in [0.3, 0.4) is 0 Å². The average Bonchev–Trinajstić information content (AvgIpc) is 2.75. The van der Waals surface area contributed by atoms with Crippen LogP contribution in [-0.4, -0.2) is 55.2 Å². The Morgan fingerprint density at radius 2 is 1.84 bits per heavy atom. The van der Waals surface area contributed by atoms with Crippen LogP contribution in [-0.2, 0) is 25.9 Å². The van der Waals surface area contributed by atoms with E-state index in [1.165, 1.54) is 12.0 Å². The third-order valence-electron chi connectivity index (χ3n) is 4.89.